The minimum Gasteiger partial charge on any atom is -0.387 e. The van der Waals surface area contributed by atoms with Crippen LogP contribution in [-0.4, -0.2) is 23.5 Å². The summed E-state index contributed by atoms with van der Waals surface area (Å²) in [6.45, 7) is 6.79. The summed E-state index contributed by atoms with van der Waals surface area (Å²) in [6, 6.07) is 17.7. The van der Waals surface area contributed by atoms with E-state index in [1.807, 2.05) is 55.5 Å². The molecule has 138 valence electrons. The number of aliphatic hydroxyl groups is 1. The Kier molecular flexibility index (Phi) is 7.76. The summed E-state index contributed by atoms with van der Waals surface area (Å²) >= 11 is 0. The van der Waals surface area contributed by atoms with E-state index in [0.29, 0.717) is 18.9 Å². The van der Waals surface area contributed by atoms with Crippen molar-refractivity contribution >= 4 is 11.9 Å². The van der Waals surface area contributed by atoms with Gasteiger partial charge in [0.25, 0.3) is 0 Å². The normalized spacial score (nSPS) is 13.9. The zero-order valence-corrected chi connectivity index (χ0v) is 15.9. The van der Waals surface area contributed by atoms with Gasteiger partial charge in [-0.15, -0.1) is 0 Å². The molecule has 0 radical (unpaired) electrons. The standard InChI is InChI=1S/C23H29NO2/c1-17(2)20-12-9-19(10-13-20)11-14-22(25)15-16-24-18(3)23(26)21-7-5-4-6-8-21/h4-14,17-18,23-24,26H,15-16H2,1-3H3/b14-11+. The van der Waals surface area contributed by atoms with Crippen LogP contribution >= 0.6 is 0 Å². The minimum absolute atomic E-state index is 0.0758. The Morgan fingerprint density at radius 2 is 1.65 bits per heavy atom. The Bertz CT molecular complexity index is 705. The molecular formula is C23H29NO2. The Balaban J connectivity index is 1.76. The molecular weight excluding hydrogens is 322 g/mol. The number of carbonyl (C=O) groups is 1. The van der Waals surface area contributed by atoms with Crippen molar-refractivity contribution in [3.05, 3.63) is 77.4 Å². The number of carbonyl (C=O) groups excluding carboxylic acids is 1. The van der Waals surface area contributed by atoms with E-state index in [1.165, 1.54) is 5.56 Å². The van der Waals surface area contributed by atoms with Crippen molar-refractivity contribution < 1.29 is 9.90 Å². The predicted molar refractivity (Wildman–Crippen MR) is 108 cm³/mol. The lowest BCUT2D eigenvalue weighted by Gasteiger charge is -2.20. The van der Waals surface area contributed by atoms with Crippen LogP contribution < -0.4 is 5.32 Å². The van der Waals surface area contributed by atoms with Gasteiger partial charge in [0.05, 0.1) is 6.10 Å². The Morgan fingerprint density at radius 3 is 2.27 bits per heavy atom. The maximum Gasteiger partial charge on any atom is 0.156 e. The van der Waals surface area contributed by atoms with Gasteiger partial charge in [0.15, 0.2) is 5.78 Å². The average Bonchev–Trinajstić information content (AvgIpc) is 2.66. The van der Waals surface area contributed by atoms with Crippen molar-refractivity contribution in [2.75, 3.05) is 6.54 Å². The summed E-state index contributed by atoms with van der Waals surface area (Å²) < 4.78 is 0. The highest BCUT2D eigenvalue weighted by Gasteiger charge is 2.15. The van der Waals surface area contributed by atoms with E-state index in [0.717, 1.165) is 11.1 Å². The van der Waals surface area contributed by atoms with Gasteiger partial charge < -0.3 is 10.4 Å². The molecule has 0 aliphatic heterocycles. The van der Waals surface area contributed by atoms with Crippen molar-refractivity contribution in [1.82, 2.24) is 5.32 Å². The summed E-state index contributed by atoms with van der Waals surface area (Å²) in [6.07, 6.45) is 3.31. The molecule has 0 spiro atoms. The van der Waals surface area contributed by atoms with E-state index in [1.54, 1.807) is 6.08 Å². The van der Waals surface area contributed by atoms with Gasteiger partial charge in [0.1, 0.15) is 0 Å². The number of allylic oxidation sites excluding steroid dienone is 1. The van der Waals surface area contributed by atoms with Crippen LogP contribution in [0.5, 0.6) is 0 Å². The quantitative estimate of drug-likeness (QED) is 0.654. The van der Waals surface area contributed by atoms with E-state index in [2.05, 4.69) is 31.3 Å². The summed E-state index contributed by atoms with van der Waals surface area (Å²) in [7, 11) is 0. The third-order valence-electron chi connectivity index (χ3n) is 4.52. The maximum atomic E-state index is 12.0. The van der Waals surface area contributed by atoms with Crippen LogP contribution in [0.2, 0.25) is 0 Å². The number of rotatable bonds is 9. The second kappa shape index (κ2) is 10.0. The van der Waals surface area contributed by atoms with Crippen LogP contribution in [0.4, 0.5) is 0 Å². The van der Waals surface area contributed by atoms with Gasteiger partial charge in [-0.3, -0.25) is 4.79 Å². The lowest BCUT2D eigenvalue weighted by molar-refractivity contribution is -0.114. The van der Waals surface area contributed by atoms with Gasteiger partial charge in [-0.1, -0.05) is 74.5 Å². The molecule has 0 aliphatic rings. The summed E-state index contributed by atoms with van der Waals surface area (Å²) in [5.74, 6) is 0.584. The zero-order chi connectivity index (χ0) is 18.9. The highest BCUT2D eigenvalue weighted by Crippen LogP contribution is 2.16. The molecule has 2 atom stereocenters. The van der Waals surface area contributed by atoms with Crippen LogP contribution in [-0.2, 0) is 4.79 Å². The third kappa shape index (κ3) is 6.25. The van der Waals surface area contributed by atoms with E-state index < -0.39 is 6.10 Å². The molecule has 26 heavy (non-hydrogen) atoms. The molecule has 2 aromatic rings. The fourth-order valence-electron chi connectivity index (χ4n) is 2.74. The highest BCUT2D eigenvalue weighted by molar-refractivity contribution is 5.93. The third-order valence-corrected chi connectivity index (χ3v) is 4.52. The fourth-order valence-corrected chi connectivity index (χ4v) is 2.74. The Hall–Kier alpha value is -2.23. The highest BCUT2D eigenvalue weighted by atomic mass is 16.3. The van der Waals surface area contributed by atoms with E-state index in [-0.39, 0.29) is 11.8 Å². The molecule has 0 fully saturated rings. The molecule has 3 nitrogen and oxygen atoms in total. The molecule has 0 aromatic heterocycles. The lowest BCUT2D eigenvalue weighted by atomic mass is 10.0. The number of benzene rings is 2. The maximum absolute atomic E-state index is 12.0. The largest absolute Gasteiger partial charge is 0.387 e. The van der Waals surface area contributed by atoms with Crippen LogP contribution in [0.3, 0.4) is 0 Å². The first-order chi connectivity index (χ1) is 12.5. The lowest BCUT2D eigenvalue weighted by Crippen LogP contribution is -2.33. The molecule has 2 N–H and O–H groups in total. The van der Waals surface area contributed by atoms with Crippen molar-refractivity contribution in [2.45, 2.75) is 45.3 Å². The molecule has 0 saturated carbocycles. The van der Waals surface area contributed by atoms with Gasteiger partial charge >= 0.3 is 0 Å². The number of hydrogen-bond donors (Lipinski definition) is 2. The number of hydrogen-bond acceptors (Lipinski definition) is 3. The van der Waals surface area contributed by atoms with Crippen LogP contribution in [0.1, 0.15) is 55.9 Å². The van der Waals surface area contributed by atoms with Crippen molar-refractivity contribution in [1.29, 1.82) is 0 Å². The zero-order valence-electron chi connectivity index (χ0n) is 15.9. The number of aliphatic hydroxyl groups excluding tert-OH is 1. The van der Waals surface area contributed by atoms with Gasteiger partial charge in [-0.25, -0.2) is 0 Å². The van der Waals surface area contributed by atoms with Gasteiger partial charge in [-0.2, -0.15) is 0 Å². The van der Waals surface area contributed by atoms with Crippen molar-refractivity contribution in [2.24, 2.45) is 0 Å². The first kappa shape index (κ1) is 20.1. The molecule has 0 aliphatic carbocycles. The number of nitrogens with one attached hydrogen (secondary N) is 1. The number of ketones is 1. The monoisotopic (exact) mass is 351 g/mol. The summed E-state index contributed by atoms with van der Waals surface area (Å²) in [5, 5.41) is 13.5. The van der Waals surface area contributed by atoms with E-state index >= 15 is 0 Å². The van der Waals surface area contributed by atoms with Gasteiger partial charge in [0, 0.05) is 19.0 Å². The summed E-state index contributed by atoms with van der Waals surface area (Å²) in [4.78, 5) is 12.0. The SMILES string of the molecule is CC(C)c1ccc(/C=C/C(=O)CCNC(C)C(O)c2ccccc2)cc1. The van der Waals surface area contributed by atoms with Crippen LogP contribution in [0.25, 0.3) is 6.08 Å². The van der Waals surface area contributed by atoms with E-state index in [4.69, 9.17) is 0 Å². The topological polar surface area (TPSA) is 49.3 Å². The van der Waals surface area contributed by atoms with Crippen LogP contribution in [0, 0.1) is 0 Å². The molecule has 2 aromatic carbocycles. The second-order valence-corrected chi connectivity index (χ2v) is 6.97. The first-order valence-corrected chi connectivity index (χ1v) is 9.24. The molecule has 0 heterocycles. The Labute approximate surface area is 156 Å². The molecule has 0 saturated heterocycles. The fraction of sp³-hybridized carbons (Fsp3) is 0.348. The van der Waals surface area contributed by atoms with Gasteiger partial charge in [0.2, 0.25) is 0 Å². The van der Waals surface area contributed by atoms with E-state index in [9.17, 15) is 9.90 Å². The molecule has 0 bridgehead atoms. The molecule has 2 unspecified atom stereocenters. The summed E-state index contributed by atoms with van der Waals surface area (Å²) in [5.41, 5.74) is 3.20. The van der Waals surface area contributed by atoms with Crippen molar-refractivity contribution in [3.8, 4) is 0 Å². The molecule has 3 heteroatoms. The predicted octanol–water partition coefficient (Wildman–Crippen LogP) is 4.49. The molecule has 0 amide bonds. The van der Waals surface area contributed by atoms with Gasteiger partial charge in [-0.05, 0) is 35.6 Å². The average molecular weight is 351 g/mol. The van der Waals surface area contributed by atoms with Crippen molar-refractivity contribution in [3.63, 3.8) is 0 Å². The molecule has 2 rings (SSSR count). The second-order valence-electron chi connectivity index (χ2n) is 6.97. The van der Waals surface area contributed by atoms with Crippen LogP contribution in [0.15, 0.2) is 60.7 Å². The Morgan fingerprint density at radius 1 is 1.00 bits per heavy atom. The minimum atomic E-state index is -0.582. The smallest absolute Gasteiger partial charge is 0.156 e. The first-order valence-electron chi connectivity index (χ1n) is 9.24.